The van der Waals surface area contributed by atoms with Crippen molar-refractivity contribution in [2.75, 3.05) is 17.2 Å². The van der Waals surface area contributed by atoms with Gasteiger partial charge in [-0.2, -0.15) is 5.26 Å². The largest absolute Gasteiger partial charge is 0.298 e. The fraction of sp³-hybridized carbons (Fsp3) is 0.176. The van der Waals surface area contributed by atoms with Gasteiger partial charge in [0.25, 0.3) is 0 Å². The van der Waals surface area contributed by atoms with Gasteiger partial charge in [-0.1, -0.05) is 36.0 Å². The summed E-state index contributed by atoms with van der Waals surface area (Å²) in [7, 11) is 0. The molecule has 0 unspecified atom stereocenters. The number of anilines is 1. The standard InChI is InChI=1S/C17H15N5OS2/c18-8-9-22(13-5-2-1-3-6-13)16(23)12-25-17-19-15(20-21-17)11-14-7-4-10-24-14/h1-7,10H,9,11-12H2,(H,19,20,21). The Morgan fingerprint density at radius 3 is 2.84 bits per heavy atom. The SMILES string of the molecule is N#CCN(C(=O)CSc1n[nH]c(Cc2cccs2)n1)c1ccccc1. The van der Waals surface area contributed by atoms with Gasteiger partial charge in [-0.25, -0.2) is 4.98 Å². The number of para-hydroxylation sites is 1. The molecule has 1 amide bonds. The topological polar surface area (TPSA) is 85.7 Å². The molecule has 1 aromatic carbocycles. The third-order valence-corrected chi connectivity index (χ3v) is 5.06. The van der Waals surface area contributed by atoms with Crippen molar-refractivity contribution in [2.24, 2.45) is 0 Å². The second-order valence-electron chi connectivity index (χ2n) is 5.08. The predicted molar refractivity (Wildman–Crippen MR) is 98.6 cm³/mol. The first-order valence-corrected chi connectivity index (χ1v) is 9.41. The molecule has 0 fully saturated rings. The Labute approximate surface area is 153 Å². The van der Waals surface area contributed by atoms with Crippen molar-refractivity contribution in [1.82, 2.24) is 15.2 Å². The molecule has 2 aromatic heterocycles. The zero-order valence-corrected chi connectivity index (χ0v) is 14.9. The van der Waals surface area contributed by atoms with E-state index in [1.165, 1.54) is 21.5 Å². The molecule has 2 heterocycles. The molecule has 0 aliphatic carbocycles. The van der Waals surface area contributed by atoms with E-state index in [1.807, 2.05) is 53.9 Å². The van der Waals surface area contributed by atoms with Crippen LogP contribution in [0.25, 0.3) is 0 Å². The van der Waals surface area contributed by atoms with E-state index in [9.17, 15) is 4.79 Å². The van der Waals surface area contributed by atoms with E-state index in [-0.39, 0.29) is 18.2 Å². The highest BCUT2D eigenvalue weighted by molar-refractivity contribution is 7.99. The number of thiophene rings is 1. The molecule has 0 saturated carbocycles. The van der Waals surface area contributed by atoms with Crippen LogP contribution in [0.1, 0.15) is 10.7 Å². The van der Waals surface area contributed by atoms with Crippen LogP contribution < -0.4 is 4.90 Å². The maximum absolute atomic E-state index is 12.5. The Bertz CT molecular complexity index is 855. The number of carbonyl (C=O) groups excluding carboxylic acids is 1. The molecular weight excluding hydrogens is 354 g/mol. The smallest absolute Gasteiger partial charge is 0.238 e. The Kier molecular flexibility index (Phi) is 5.82. The van der Waals surface area contributed by atoms with Crippen molar-refractivity contribution >= 4 is 34.7 Å². The number of rotatable bonds is 7. The zero-order valence-electron chi connectivity index (χ0n) is 13.3. The summed E-state index contributed by atoms with van der Waals surface area (Å²) < 4.78 is 0. The molecule has 8 heteroatoms. The van der Waals surface area contributed by atoms with Gasteiger partial charge in [-0.3, -0.25) is 14.8 Å². The number of benzene rings is 1. The molecule has 0 saturated heterocycles. The van der Waals surface area contributed by atoms with E-state index in [4.69, 9.17) is 5.26 Å². The summed E-state index contributed by atoms with van der Waals surface area (Å²) >= 11 is 2.93. The third kappa shape index (κ3) is 4.68. The molecule has 126 valence electrons. The van der Waals surface area contributed by atoms with E-state index >= 15 is 0 Å². The zero-order chi connectivity index (χ0) is 17.5. The van der Waals surface area contributed by atoms with E-state index < -0.39 is 0 Å². The number of hydrogen-bond donors (Lipinski definition) is 1. The van der Waals surface area contributed by atoms with Crippen LogP contribution in [-0.4, -0.2) is 33.4 Å². The second kappa shape index (κ2) is 8.46. The van der Waals surface area contributed by atoms with Gasteiger partial charge in [0.2, 0.25) is 11.1 Å². The molecule has 0 atom stereocenters. The van der Waals surface area contributed by atoms with Gasteiger partial charge in [0.05, 0.1) is 11.8 Å². The summed E-state index contributed by atoms with van der Waals surface area (Å²) in [5, 5.41) is 18.6. The first kappa shape index (κ1) is 17.2. The maximum atomic E-state index is 12.5. The predicted octanol–water partition coefficient (Wildman–Crippen LogP) is 3.11. The molecule has 0 radical (unpaired) electrons. The number of amides is 1. The minimum atomic E-state index is -0.151. The molecule has 1 N–H and O–H groups in total. The summed E-state index contributed by atoms with van der Waals surface area (Å²) in [6, 6.07) is 15.2. The number of thioether (sulfide) groups is 1. The van der Waals surface area contributed by atoms with Crippen LogP contribution >= 0.6 is 23.1 Å². The lowest BCUT2D eigenvalue weighted by Gasteiger charge is -2.19. The van der Waals surface area contributed by atoms with Gasteiger partial charge in [-0.15, -0.1) is 16.4 Å². The molecule has 0 aliphatic heterocycles. The molecular formula is C17H15N5OS2. The number of nitrogens with one attached hydrogen (secondary N) is 1. The summed E-state index contributed by atoms with van der Waals surface area (Å²) in [4.78, 5) is 19.5. The summed E-state index contributed by atoms with van der Waals surface area (Å²) in [6.07, 6.45) is 0.698. The summed E-state index contributed by atoms with van der Waals surface area (Å²) in [5.74, 6) is 0.795. The van der Waals surface area contributed by atoms with Crippen LogP contribution in [0.3, 0.4) is 0 Å². The molecule has 0 aliphatic rings. The van der Waals surface area contributed by atoms with Gasteiger partial charge in [-0.05, 0) is 23.6 Å². The lowest BCUT2D eigenvalue weighted by Crippen LogP contribution is -2.32. The average molecular weight is 369 g/mol. The van der Waals surface area contributed by atoms with Crippen LogP contribution in [0.5, 0.6) is 0 Å². The quantitative estimate of drug-likeness (QED) is 0.511. The van der Waals surface area contributed by atoms with E-state index in [1.54, 1.807) is 11.3 Å². The lowest BCUT2D eigenvalue weighted by atomic mass is 10.3. The lowest BCUT2D eigenvalue weighted by molar-refractivity contribution is -0.116. The monoisotopic (exact) mass is 369 g/mol. The first-order valence-electron chi connectivity index (χ1n) is 7.55. The van der Waals surface area contributed by atoms with Crippen molar-refractivity contribution in [3.8, 4) is 6.07 Å². The van der Waals surface area contributed by atoms with Gasteiger partial charge < -0.3 is 0 Å². The number of carbonyl (C=O) groups is 1. The highest BCUT2D eigenvalue weighted by Gasteiger charge is 2.16. The third-order valence-electron chi connectivity index (χ3n) is 3.36. The minimum absolute atomic E-state index is 0.0149. The van der Waals surface area contributed by atoms with Crippen molar-refractivity contribution in [3.63, 3.8) is 0 Å². The van der Waals surface area contributed by atoms with Gasteiger partial charge in [0.1, 0.15) is 12.4 Å². The molecule has 3 rings (SSSR count). The minimum Gasteiger partial charge on any atom is -0.298 e. The van der Waals surface area contributed by atoms with Gasteiger partial charge in [0.15, 0.2) is 0 Å². The fourth-order valence-corrected chi connectivity index (χ4v) is 3.61. The van der Waals surface area contributed by atoms with E-state index in [2.05, 4.69) is 15.2 Å². The first-order chi connectivity index (χ1) is 12.3. The highest BCUT2D eigenvalue weighted by Crippen LogP contribution is 2.19. The van der Waals surface area contributed by atoms with Crippen molar-refractivity contribution in [2.45, 2.75) is 11.6 Å². The second-order valence-corrected chi connectivity index (χ2v) is 7.06. The van der Waals surface area contributed by atoms with Gasteiger partial charge in [0, 0.05) is 17.0 Å². The maximum Gasteiger partial charge on any atom is 0.238 e. The van der Waals surface area contributed by atoms with E-state index in [0.717, 1.165) is 5.82 Å². The summed E-state index contributed by atoms with van der Waals surface area (Å²) in [6.45, 7) is 0.0149. The molecule has 0 bridgehead atoms. The van der Waals surface area contributed by atoms with Crippen LogP contribution in [0.4, 0.5) is 5.69 Å². The number of nitriles is 1. The van der Waals surface area contributed by atoms with Crippen molar-refractivity contribution < 1.29 is 4.79 Å². The Hall–Kier alpha value is -2.63. The van der Waals surface area contributed by atoms with Crippen LogP contribution in [0.15, 0.2) is 53.0 Å². The number of H-pyrrole nitrogens is 1. The number of hydrogen-bond acceptors (Lipinski definition) is 6. The molecule has 6 nitrogen and oxygen atoms in total. The molecule has 0 spiro atoms. The highest BCUT2D eigenvalue weighted by atomic mass is 32.2. The van der Waals surface area contributed by atoms with Crippen LogP contribution in [0, 0.1) is 11.3 Å². The number of aromatic nitrogens is 3. The molecule has 3 aromatic rings. The Balaban J connectivity index is 1.59. The van der Waals surface area contributed by atoms with Crippen LogP contribution in [0.2, 0.25) is 0 Å². The Morgan fingerprint density at radius 2 is 2.12 bits per heavy atom. The normalized spacial score (nSPS) is 10.4. The number of nitrogens with zero attached hydrogens (tertiary/aromatic N) is 4. The number of aromatic amines is 1. The van der Waals surface area contributed by atoms with E-state index in [0.29, 0.717) is 17.3 Å². The van der Waals surface area contributed by atoms with Crippen molar-refractivity contribution in [1.29, 1.82) is 5.26 Å². The van der Waals surface area contributed by atoms with Crippen molar-refractivity contribution in [3.05, 3.63) is 58.5 Å². The summed E-state index contributed by atoms with van der Waals surface area (Å²) in [5.41, 5.74) is 0.711. The fourth-order valence-electron chi connectivity index (χ4n) is 2.21. The molecule has 25 heavy (non-hydrogen) atoms. The average Bonchev–Trinajstić information content (AvgIpc) is 3.31. The van der Waals surface area contributed by atoms with Crippen LogP contribution in [-0.2, 0) is 11.2 Å². The Morgan fingerprint density at radius 1 is 1.28 bits per heavy atom. The van der Waals surface area contributed by atoms with Gasteiger partial charge >= 0.3 is 0 Å².